The Morgan fingerprint density at radius 2 is 1.70 bits per heavy atom. The molecule has 0 saturated carbocycles. The predicted molar refractivity (Wildman–Crippen MR) is 76.2 cm³/mol. The van der Waals surface area contributed by atoms with E-state index in [9.17, 15) is 15.3 Å². The quantitative estimate of drug-likeness (QED) is 0.782. The number of aliphatic hydroxyl groups is 1. The molecule has 0 amide bonds. The Balaban J connectivity index is 2.00. The number of methoxy groups -OCH3 is 1. The average Bonchev–Trinajstić information content (AvgIpc) is 2.43. The van der Waals surface area contributed by atoms with Gasteiger partial charge in [0.2, 0.25) is 0 Å². The second-order valence-corrected chi connectivity index (χ2v) is 4.72. The van der Waals surface area contributed by atoms with Crippen LogP contribution in [0.2, 0.25) is 0 Å². The van der Waals surface area contributed by atoms with Crippen LogP contribution in [0, 0.1) is 0 Å². The number of phenolic OH excluding ortho intramolecular Hbond substituents is 2. The van der Waals surface area contributed by atoms with Gasteiger partial charge in [-0.05, 0) is 35.7 Å². The topological polar surface area (TPSA) is 69.9 Å². The first-order valence-electron chi connectivity index (χ1n) is 6.40. The maximum Gasteiger partial charge on any atom is 0.122 e. The summed E-state index contributed by atoms with van der Waals surface area (Å²) in [5, 5.41) is 29.1. The monoisotopic (exact) mass is 274 g/mol. The van der Waals surface area contributed by atoms with Gasteiger partial charge in [-0.25, -0.2) is 0 Å². The van der Waals surface area contributed by atoms with Crippen molar-refractivity contribution in [2.45, 2.75) is 18.9 Å². The molecule has 2 aromatic carbocycles. The second kappa shape index (κ2) is 6.30. The van der Waals surface area contributed by atoms with Crippen LogP contribution in [0.25, 0.3) is 0 Å². The molecule has 1 atom stereocenters. The Labute approximate surface area is 117 Å². The van der Waals surface area contributed by atoms with Crippen molar-refractivity contribution in [1.82, 2.24) is 0 Å². The fourth-order valence-corrected chi connectivity index (χ4v) is 2.07. The van der Waals surface area contributed by atoms with E-state index < -0.39 is 6.10 Å². The summed E-state index contributed by atoms with van der Waals surface area (Å²) < 4.78 is 5.02. The Hall–Kier alpha value is -2.20. The lowest BCUT2D eigenvalue weighted by molar-refractivity contribution is 0.174. The standard InChI is InChI=1S/C16H18O4/c1-20-15-7-4-12(16(19)10-15)9-14(18)8-11-2-5-13(17)6-3-11/h2-7,10,14,17-19H,8-9H2,1H3/t14-/m1/s1. The fourth-order valence-electron chi connectivity index (χ4n) is 2.07. The number of aromatic hydroxyl groups is 2. The van der Waals surface area contributed by atoms with Crippen molar-refractivity contribution in [3.8, 4) is 17.2 Å². The number of hydrogen-bond acceptors (Lipinski definition) is 4. The third-order valence-corrected chi connectivity index (χ3v) is 3.16. The molecule has 20 heavy (non-hydrogen) atoms. The SMILES string of the molecule is COc1ccc(C[C@H](O)Cc2ccc(O)cc2)c(O)c1. The van der Waals surface area contributed by atoms with Crippen LogP contribution >= 0.6 is 0 Å². The molecule has 4 nitrogen and oxygen atoms in total. The normalized spacial score (nSPS) is 12.1. The average molecular weight is 274 g/mol. The first kappa shape index (κ1) is 14.2. The highest BCUT2D eigenvalue weighted by Crippen LogP contribution is 2.25. The third-order valence-electron chi connectivity index (χ3n) is 3.16. The summed E-state index contributed by atoms with van der Waals surface area (Å²) >= 11 is 0. The Kier molecular flexibility index (Phi) is 4.48. The summed E-state index contributed by atoms with van der Waals surface area (Å²) in [5.74, 6) is 0.907. The molecule has 0 saturated heterocycles. The first-order valence-corrected chi connectivity index (χ1v) is 6.40. The number of hydrogen-bond donors (Lipinski definition) is 3. The van der Waals surface area contributed by atoms with E-state index in [1.54, 1.807) is 36.4 Å². The van der Waals surface area contributed by atoms with Gasteiger partial charge in [0.25, 0.3) is 0 Å². The van der Waals surface area contributed by atoms with Crippen molar-refractivity contribution in [2.75, 3.05) is 7.11 Å². The maximum atomic E-state index is 10.1. The summed E-state index contributed by atoms with van der Waals surface area (Å²) in [7, 11) is 1.54. The van der Waals surface area contributed by atoms with Crippen LogP contribution in [0.15, 0.2) is 42.5 Å². The highest BCUT2D eigenvalue weighted by molar-refractivity contribution is 5.40. The number of rotatable bonds is 5. The van der Waals surface area contributed by atoms with Crippen LogP contribution < -0.4 is 4.74 Å². The molecule has 0 aliphatic heterocycles. The van der Waals surface area contributed by atoms with E-state index in [0.717, 1.165) is 5.56 Å². The molecule has 2 aromatic rings. The van der Waals surface area contributed by atoms with Gasteiger partial charge in [-0.2, -0.15) is 0 Å². The van der Waals surface area contributed by atoms with E-state index >= 15 is 0 Å². The van der Waals surface area contributed by atoms with Gasteiger partial charge in [0.05, 0.1) is 13.2 Å². The fraction of sp³-hybridized carbons (Fsp3) is 0.250. The van der Waals surface area contributed by atoms with E-state index in [-0.39, 0.29) is 11.5 Å². The van der Waals surface area contributed by atoms with Crippen LogP contribution in [0.5, 0.6) is 17.2 Å². The molecule has 0 heterocycles. The van der Waals surface area contributed by atoms with E-state index in [2.05, 4.69) is 0 Å². The summed E-state index contributed by atoms with van der Waals surface area (Å²) in [6.45, 7) is 0. The van der Waals surface area contributed by atoms with Crippen molar-refractivity contribution in [1.29, 1.82) is 0 Å². The summed E-state index contributed by atoms with van der Waals surface area (Å²) in [6.07, 6.45) is 0.224. The minimum absolute atomic E-state index is 0.120. The molecular formula is C16H18O4. The van der Waals surface area contributed by atoms with Gasteiger partial charge in [-0.3, -0.25) is 0 Å². The van der Waals surface area contributed by atoms with Gasteiger partial charge >= 0.3 is 0 Å². The largest absolute Gasteiger partial charge is 0.508 e. The van der Waals surface area contributed by atoms with E-state index in [1.807, 2.05) is 0 Å². The van der Waals surface area contributed by atoms with Gasteiger partial charge in [0.1, 0.15) is 17.2 Å². The van der Waals surface area contributed by atoms with E-state index in [0.29, 0.717) is 24.2 Å². The van der Waals surface area contributed by atoms with Crippen molar-refractivity contribution in [3.63, 3.8) is 0 Å². The van der Waals surface area contributed by atoms with Crippen LogP contribution in [0.1, 0.15) is 11.1 Å². The van der Waals surface area contributed by atoms with Gasteiger partial charge in [-0.15, -0.1) is 0 Å². The molecule has 0 fully saturated rings. The molecule has 2 rings (SSSR count). The van der Waals surface area contributed by atoms with Gasteiger partial charge in [0.15, 0.2) is 0 Å². The number of phenols is 2. The van der Waals surface area contributed by atoms with Crippen LogP contribution in [-0.2, 0) is 12.8 Å². The second-order valence-electron chi connectivity index (χ2n) is 4.72. The number of benzene rings is 2. The molecule has 0 radical (unpaired) electrons. The van der Waals surface area contributed by atoms with Crippen LogP contribution in [0.3, 0.4) is 0 Å². The highest BCUT2D eigenvalue weighted by Gasteiger charge is 2.11. The van der Waals surface area contributed by atoms with E-state index in [4.69, 9.17) is 4.74 Å². The summed E-state index contributed by atoms with van der Waals surface area (Å²) in [5.41, 5.74) is 1.61. The lowest BCUT2D eigenvalue weighted by atomic mass is 10.0. The van der Waals surface area contributed by atoms with E-state index in [1.165, 1.54) is 13.2 Å². The molecular weight excluding hydrogens is 256 g/mol. The van der Waals surface area contributed by atoms with Crippen molar-refractivity contribution in [3.05, 3.63) is 53.6 Å². The molecule has 0 bridgehead atoms. The minimum atomic E-state index is -0.598. The van der Waals surface area contributed by atoms with Gasteiger partial charge in [-0.1, -0.05) is 18.2 Å². The van der Waals surface area contributed by atoms with Crippen molar-refractivity contribution < 1.29 is 20.1 Å². The van der Waals surface area contributed by atoms with Crippen molar-refractivity contribution >= 4 is 0 Å². The van der Waals surface area contributed by atoms with Crippen LogP contribution in [-0.4, -0.2) is 28.5 Å². The molecule has 4 heteroatoms. The molecule has 3 N–H and O–H groups in total. The minimum Gasteiger partial charge on any atom is -0.508 e. The molecule has 0 aliphatic carbocycles. The third kappa shape index (κ3) is 3.65. The highest BCUT2D eigenvalue weighted by atomic mass is 16.5. The first-order chi connectivity index (χ1) is 9.58. The maximum absolute atomic E-state index is 10.1. The predicted octanol–water partition coefficient (Wildman–Crippen LogP) is 2.25. The lowest BCUT2D eigenvalue weighted by Crippen LogP contribution is -2.14. The van der Waals surface area contributed by atoms with Crippen LogP contribution in [0.4, 0.5) is 0 Å². The Morgan fingerprint density at radius 1 is 1.00 bits per heavy atom. The molecule has 0 aromatic heterocycles. The molecule has 106 valence electrons. The zero-order valence-electron chi connectivity index (χ0n) is 11.3. The number of ether oxygens (including phenoxy) is 1. The summed E-state index contributed by atoms with van der Waals surface area (Å²) in [4.78, 5) is 0. The number of aliphatic hydroxyl groups excluding tert-OH is 1. The lowest BCUT2D eigenvalue weighted by Gasteiger charge is -2.12. The van der Waals surface area contributed by atoms with Gasteiger partial charge in [0, 0.05) is 12.5 Å². The smallest absolute Gasteiger partial charge is 0.122 e. The molecule has 0 spiro atoms. The van der Waals surface area contributed by atoms with Crippen molar-refractivity contribution in [2.24, 2.45) is 0 Å². The Morgan fingerprint density at radius 3 is 2.30 bits per heavy atom. The Bertz CT molecular complexity index is 563. The molecule has 0 aliphatic rings. The molecule has 0 unspecified atom stereocenters. The zero-order chi connectivity index (χ0) is 14.5. The zero-order valence-corrected chi connectivity index (χ0v) is 11.3. The summed E-state index contributed by atoms with van der Waals surface area (Å²) in [6, 6.07) is 11.7. The van der Waals surface area contributed by atoms with Gasteiger partial charge < -0.3 is 20.1 Å².